The van der Waals surface area contributed by atoms with Crippen molar-refractivity contribution < 1.29 is 4.42 Å². The third-order valence-corrected chi connectivity index (χ3v) is 11.2. The van der Waals surface area contributed by atoms with Gasteiger partial charge in [0.05, 0.1) is 11.0 Å². The number of anilines is 3. The van der Waals surface area contributed by atoms with Gasteiger partial charge in [0, 0.05) is 50.4 Å². The predicted molar refractivity (Wildman–Crippen MR) is 239 cm³/mol. The number of benzene rings is 9. The van der Waals surface area contributed by atoms with Gasteiger partial charge in [0.15, 0.2) is 0 Å². The van der Waals surface area contributed by atoms with Crippen LogP contribution in [0.1, 0.15) is 0 Å². The van der Waals surface area contributed by atoms with Gasteiger partial charge in [-0.05, 0) is 100 Å². The summed E-state index contributed by atoms with van der Waals surface area (Å²) in [6.07, 6.45) is 0. The van der Waals surface area contributed by atoms with Crippen LogP contribution in [0.5, 0.6) is 0 Å². The number of furan rings is 1. The number of fused-ring (bicyclic) bond motifs is 6. The van der Waals surface area contributed by atoms with E-state index in [4.69, 9.17) is 4.42 Å². The standard InChI is InChI=1S/C54H36N2O/c1-3-13-37(14-4-1)39-25-29-42(30-26-39)55(43-31-27-40(28-32-43)38-15-5-2-6-16-38)44-18-11-17-41(35-44)46-21-12-23-51-54(46)49-20-7-9-22-50(49)56(51)45-33-34-48-47-19-8-10-24-52(47)57-53(48)36-45/h1-36H. The Morgan fingerprint density at radius 2 is 0.877 bits per heavy atom. The topological polar surface area (TPSA) is 21.3 Å². The maximum absolute atomic E-state index is 6.36. The Bertz CT molecular complexity index is 3130. The molecule has 2 heterocycles. The van der Waals surface area contributed by atoms with Gasteiger partial charge < -0.3 is 13.9 Å². The minimum atomic E-state index is 0.886. The summed E-state index contributed by atoms with van der Waals surface area (Å²) in [7, 11) is 0. The minimum Gasteiger partial charge on any atom is -0.456 e. The number of hydrogen-bond acceptors (Lipinski definition) is 2. The second-order valence-electron chi connectivity index (χ2n) is 14.5. The zero-order valence-corrected chi connectivity index (χ0v) is 31.1. The lowest BCUT2D eigenvalue weighted by Crippen LogP contribution is -2.10. The molecule has 57 heavy (non-hydrogen) atoms. The molecule has 268 valence electrons. The fraction of sp³-hybridized carbons (Fsp3) is 0. The number of hydrogen-bond donors (Lipinski definition) is 0. The Hall–Kier alpha value is -7.62. The summed E-state index contributed by atoms with van der Waals surface area (Å²) in [5.41, 5.74) is 15.6. The second kappa shape index (κ2) is 13.6. The zero-order chi connectivity index (χ0) is 37.7. The van der Waals surface area contributed by atoms with Crippen molar-refractivity contribution in [2.45, 2.75) is 0 Å². The van der Waals surface area contributed by atoms with Crippen LogP contribution in [-0.4, -0.2) is 4.57 Å². The van der Waals surface area contributed by atoms with Crippen LogP contribution >= 0.6 is 0 Å². The van der Waals surface area contributed by atoms with Gasteiger partial charge in [-0.25, -0.2) is 0 Å². The highest BCUT2D eigenvalue weighted by atomic mass is 16.3. The summed E-state index contributed by atoms with van der Waals surface area (Å²) >= 11 is 0. The highest BCUT2D eigenvalue weighted by molar-refractivity contribution is 6.16. The van der Waals surface area contributed by atoms with E-state index in [0.717, 1.165) is 61.3 Å². The highest BCUT2D eigenvalue weighted by Crippen LogP contribution is 2.43. The van der Waals surface area contributed by atoms with E-state index in [-0.39, 0.29) is 0 Å². The van der Waals surface area contributed by atoms with E-state index in [0.29, 0.717) is 0 Å². The normalized spacial score (nSPS) is 11.5. The number of aromatic nitrogens is 1. The fourth-order valence-corrected chi connectivity index (χ4v) is 8.52. The van der Waals surface area contributed by atoms with Gasteiger partial charge >= 0.3 is 0 Å². The smallest absolute Gasteiger partial charge is 0.137 e. The van der Waals surface area contributed by atoms with Crippen molar-refractivity contribution in [2.24, 2.45) is 0 Å². The van der Waals surface area contributed by atoms with Crippen molar-refractivity contribution in [1.29, 1.82) is 0 Å². The van der Waals surface area contributed by atoms with Crippen molar-refractivity contribution in [3.63, 3.8) is 0 Å². The molecule has 0 amide bonds. The molecule has 0 aliphatic rings. The van der Waals surface area contributed by atoms with Crippen molar-refractivity contribution in [1.82, 2.24) is 4.57 Å². The average molecular weight is 729 g/mol. The number of nitrogens with zero attached hydrogens (tertiary/aromatic N) is 2. The molecule has 0 spiro atoms. The molecule has 0 saturated carbocycles. The summed E-state index contributed by atoms with van der Waals surface area (Å²) in [6, 6.07) is 78.1. The molecule has 2 aromatic heterocycles. The molecule has 3 nitrogen and oxygen atoms in total. The fourth-order valence-electron chi connectivity index (χ4n) is 8.52. The van der Waals surface area contributed by atoms with Crippen LogP contribution in [0, 0.1) is 0 Å². The van der Waals surface area contributed by atoms with E-state index >= 15 is 0 Å². The third-order valence-electron chi connectivity index (χ3n) is 11.2. The Morgan fingerprint density at radius 1 is 0.333 bits per heavy atom. The maximum Gasteiger partial charge on any atom is 0.137 e. The number of para-hydroxylation sites is 2. The Morgan fingerprint density at radius 3 is 1.58 bits per heavy atom. The Kier molecular flexibility index (Phi) is 7.82. The van der Waals surface area contributed by atoms with E-state index in [2.05, 4.69) is 216 Å². The maximum atomic E-state index is 6.36. The van der Waals surface area contributed by atoms with Gasteiger partial charge in [0.25, 0.3) is 0 Å². The molecule has 0 saturated heterocycles. The van der Waals surface area contributed by atoms with Gasteiger partial charge in [-0.1, -0.05) is 146 Å². The summed E-state index contributed by atoms with van der Waals surface area (Å²) in [5.74, 6) is 0. The van der Waals surface area contributed by atoms with Crippen molar-refractivity contribution in [2.75, 3.05) is 4.90 Å². The Balaban J connectivity index is 1.05. The third kappa shape index (κ3) is 5.68. The van der Waals surface area contributed by atoms with Crippen LogP contribution in [0.4, 0.5) is 17.1 Å². The quantitative estimate of drug-likeness (QED) is 0.163. The molecule has 3 heteroatoms. The lowest BCUT2D eigenvalue weighted by atomic mass is 9.98. The molecule has 0 atom stereocenters. The summed E-state index contributed by atoms with van der Waals surface area (Å²) in [4.78, 5) is 2.36. The largest absolute Gasteiger partial charge is 0.456 e. The lowest BCUT2D eigenvalue weighted by molar-refractivity contribution is 0.668. The molecular weight excluding hydrogens is 693 g/mol. The molecule has 11 rings (SSSR count). The molecule has 0 unspecified atom stereocenters. The second-order valence-corrected chi connectivity index (χ2v) is 14.5. The average Bonchev–Trinajstić information content (AvgIpc) is 3.83. The molecule has 11 aromatic rings. The zero-order valence-electron chi connectivity index (χ0n) is 31.1. The first-order chi connectivity index (χ1) is 28.3. The van der Waals surface area contributed by atoms with Crippen molar-refractivity contribution >= 4 is 60.8 Å². The van der Waals surface area contributed by atoms with Crippen molar-refractivity contribution in [3.05, 3.63) is 218 Å². The van der Waals surface area contributed by atoms with Crippen LogP contribution in [0.25, 0.3) is 82.8 Å². The summed E-state index contributed by atoms with van der Waals surface area (Å²) in [5, 5.41) is 4.70. The van der Waals surface area contributed by atoms with Crippen LogP contribution < -0.4 is 4.90 Å². The van der Waals surface area contributed by atoms with E-state index in [1.54, 1.807) is 0 Å². The summed E-state index contributed by atoms with van der Waals surface area (Å²) in [6.45, 7) is 0. The molecule has 0 bridgehead atoms. The highest BCUT2D eigenvalue weighted by Gasteiger charge is 2.19. The van der Waals surface area contributed by atoms with Crippen molar-refractivity contribution in [3.8, 4) is 39.1 Å². The van der Waals surface area contributed by atoms with E-state index in [1.165, 1.54) is 38.6 Å². The van der Waals surface area contributed by atoms with E-state index in [9.17, 15) is 0 Å². The van der Waals surface area contributed by atoms with Gasteiger partial charge in [-0.3, -0.25) is 0 Å². The van der Waals surface area contributed by atoms with Crippen LogP contribution in [0.3, 0.4) is 0 Å². The van der Waals surface area contributed by atoms with Crippen LogP contribution in [0.2, 0.25) is 0 Å². The molecule has 9 aromatic carbocycles. The van der Waals surface area contributed by atoms with Gasteiger partial charge in [0.2, 0.25) is 0 Å². The molecule has 0 fully saturated rings. The summed E-state index contributed by atoms with van der Waals surface area (Å²) < 4.78 is 8.73. The molecule has 0 aliphatic heterocycles. The molecule has 0 N–H and O–H groups in total. The molecule has 0 radical (unpaired) electrons. The molecular formula is C54H36N2O. The van der Waals surface area contributed by atoms with E-state index in [1.807, 2.05) is 12.1 Å². The minimum absolute atomic E-state index is 0.886. The molecule has 0 aliphatic carbocycles. The first-order valence-electron chi connectivity index (χ1n) is 19.4. The predicted octanol–water partition coefficient (Wildman–Crippen LogP) is 15.2. The number of rotatable bonds is 7. The van der Waals surface area contributed by atoms with Gasteiger partial charge in [-0.2, -0.15) is 0 Å². The SMILES string of the molecule is c1ccc(-c2ccc(N(c3ccc(-c4ccccc4)cc3)c3cccc(-c4cccc5c4c4ccccc4n5-c4ccc5c(c4)oc4ccccc45)c3)cc2)cc1. The lowest BCUT2D eigenvalue weighted by Gasteiger charge is -2.26. The monoisotopic (exact) mass is 728 g/mol. The van der Waals surface area contributed by atoms with Crippen LogP contribution in [-0.2, 0) is 0 Å². The Labute approximate surface area is 330 Å². The first kappa shape index (κ1) is 32.8. The van der Waals surface area contributed by atoms with E-state index < -0.39 is 0 Å². The van der Waals surface area contributed by atoms with Crippen LogP contribution in [0.15, 0.2) is 223 Å². The van der Waals surface area contributed by atoms with Gasteiger partial charge in [0.1, 0.15) is 11.2 Å². The van der Waals surface area contributed by atoms with Gasteiger partial charge in [-0.15, -0.1) is 0 Å². The first-order valence-corrected chi connectivity index (χ1v) is 19.4.